The van der Waals surface area contributed by atoms with Gasteiger partial charge in [0.25, 0.3) is 5.91 Å². The molecule has 1 heterocycles. The molecule has 3 N–H and O–H groups in total. The molecule has 0 radical (unpaired) electrons. The third-order valence-electron chi connectivity index (χ3n) is 3.57. The summed E-state index contributed by atoms with van der Waals surface area (Å²) in [6, 6.07) is 7.48. The Morgan fingerprint density at radius 3 is 2.88 bits per heavy atom. The summed E-state index contributed by atoms with van der Waals surface area (Å²) in [5.41, 5.74) is 7.20. The second-order valence-electron chi connectivity index (χ2n) is 5.95. The zero-order valence-corrected chi connectivity index (χ0v) is 15.5. The van der Waals surface area contributed by atoms with Crippen molar-refractivity contribution in [1.82, 2.24) is 20.0 Å². The molecule has 8 heteroatoms. The lowest BCUT2D eigenvalue weighted by atomic mass is 10.2. The molecule has 8 nitrogen and oxygen atoms in total. The second kappa shape index (κ2) is 9.45. The van der Waals surface area contributed by atoms with E-state index in [2.05, 4.69) is 15.4 Å². The number of ether oxygens (including phenoxy) is 1. The van der Waals surface area contributed by atoms with Crippen molar-refractivity contribution < 1.29 is 9.53 Å². The molecule has 1 aromatic carbocycles. The van der Waals surface area contributed by atoms with Gasteiger partial charge < -0.3 is 20.7 Å². The molecule has 2 rings (SSSR count). The molecule has 0 aliphatic heterocycles. The molecule has 0 bridgehead atoms. The minimum atomic E-state index is -0.500. The van der Waals surface area contributed by atoms with E-state index in [1.807, 2.05) is 56.5 Å². The lowest BCUT2D eigenvalue weighted by Crippen LogP contribution is -2.38. The SMILES string of the molecule is CCNC(=NCc1cccc(OCC(N)=O)c1)N(C)Cc1cnn(C)c1. The van der Waals surface area contributed by atoms with Gasteiger partial charge in [0.2, 0.25) is 0 Å². The normalized spacial score (nSPS) is 11.3. The van der Waals surface area contributed by atoms with Crippen LogP contribution >= 0.6 is 0 Å². The van der Waals surface area contributed by atoms with Crippen LogP contribution in [0.1, 0.15) is 18.1 Å². The quantitative estimate of drug-likeness (QED) is 0.539. The molecule has 0 fully saturated rings. The number of benzene rings is 1. The van der Waals surface area contributed by atoms with E-state index >= 15 is 0 Å². The molecule has 0 saturated heterocycles. The molecular formula is C18H26N6O2. The molecular weight excluding hydrogens is 332 g/mol. The lowest BCUT2D eigenvalue weighted by molar-refractivity contribution is -0.119. The first-order chi connectivity index (χ1) is 12.5. The highest BCUT2D eigenvalue weighted by Crippen LogP contribution is 2.14. The highest BCUT2D eigenvalue weighted by Gasteiger charge is 2.08. The van der Waals surface area contributed by atoms with E-state index in [1.54, 1.807) is 10.7 Å². The van der Waals surface area contributed by atoms with Crippen molar-refractivity contribution in [3.63, 3.8) is 0 Å². The van der Waals surface area contributed by atoms with Crippen LogP contribution in [-0.2, 0) is 24.9 Å². The van der Waals surface area contributed by atoms with Gasteiger partial charge in [-0.1, -0.05) is 12.1 Å². The maximum atomic E-state index is 10.8. The summed E-state index contributed by atoms with van der Waals surface area (Å²) < 4.78 is 7.12. The summed E-state index contributed by atoms with van der Waals surface area (Å²) in [6.07, 6.45) is 3.83. The summed E-state index contributed by atoms with van der Waals surface area (Å²) in [4.78, 5) is 17.6. The van der Waals surface area contributed by atoms with Gasteiger partial charge in [-0.05, 0) is 24.6 Å². The maximum absolute atomic E-state index is 10.8. The number of hydrogen-bond donors (Lipinski definition) is 2. The Kier molecular flexibility index (Phi) is 7.02. The molecule has 0 saturated carbocycles. The first kappa shape index (κ1) is 19.3. The van der Waals surface area contributed by atoms with E-state index in [1.165, 1.54) is 0 Å². The van der Waals surface area contributed by atoms with Crippen LogP contribution in [0, 0.1) is 0 Å². The molecule has 0 unspecified atom stereocenters. The van der Waals surface area contributed by atoms with Crippen molar-refractivity contribution in [2.24, 2.45) is 17.8 Å². The van der Waals surface area contributed by atoms with Gasteiger partial charge in [-0.25, -0.2) is 4.99 Å². The Hall–Kier alpha value is -3.03. The number of nitrogens with two attached hydrogens (primary N) is 1. The van der Waals surface area contributed by atoms with Crippen LogP contribution < -0.4 is 15.8 Å². The van der Waals surface area contributed by atoms with E-state index in [4.69, 9.17) is 10.5 Å². The monoisotopic (exact) mass is 358 g/mol. The van der Waals surface area contributed by atoms with Crippen molar-refractivity contribution in [1.29, 1.82) is 0 Å². The third kappa shape index (κ3) is 6.12. The molecule has 0 aliphatic rings. The van der Waals surface area contributed by atoms with Crippen LogP contribution in [0.3, 0.4) is 0 Å². The molecule has 0 aliphatic carbocycles. The summed E-state index contributed by atoms with van der Waals surface area (Å²) in [5.74, 6) is 0.907. The van der Waals surface area contributed by atoms with Crippen LogP contribution in [0.2, 0.25) is 0 Å². The van der Waals surface area contributed by atoms with E-state index in [9.17, 15) is 4.79 Å². The van der Waals surface area contributed by atoms with Gasteiger partial charge in [0.1, 0.15) is 5.75 Å². The molecule has 1 amide bonds. The first-order valence-electron chi connectivity index (χ1n) is 8.45. The highest BCUT2D eigenvalue weighted by atomic mass is 16.5. The minimum Gasteiger partial charge on any atom is -0.484 e. The lowest BCUT2D eigenvalue weighted by Gasteiger charge is -2.21. The Balaban J connectivity index is 2.03. The largest absolute Gasteiger partial charge is 0.484 e. The Labute approximate surface area is 153 Å². The van der Waals surface area contributed by atoms with Gasteiger partial charge in [0.05, 0.1) is 12.7 Å². The number of nitrogens with one attached hydrogen (secondary N) is 1. The molecule has 26 heavy (non-hydrogen) atoms. The van der Waals surface area contributed by atoms with E-state index in [0.29, 0.717) is 18.8 Å². The first-order valence-corrected chi connectivity index (χ1v) is 8.45. The summed E-state index contributed by atoms with van der Waals surface area (Å²) >= 11 is 0. The van der Waals surface area contributed by atoms with Crippen molar-refractivity contribution in [2.75, 3.05) is 20.2 Å². The summed E-state index contributed by atoms with van der Waals surface area (Å²) in [7, 11) is 3.89. The predicted molar refractivity (Wildman–Crippen MR) is 101 cm³/mol. The molecule has 0 spiro atoms. The van der Waals surface area contributed by atoms with Gasteiger partial charge in [0.15, 0.2) is 12.6 Å². The molecule has 140 valence electrons. The highest BCUT2D eigenvalue weighted by molar-refractivity contribution is 5.79. The Morgan fingerprint density at radius 2 is 2.23 bits per heavy atom. The zero-order valence-electron chi connectivity index (χ0n) is 15.5. The average Bonchev–Trinajstić information content (AvgIpc) is 3.01. The molecule has 0 atom stereocenters. The van der Waals surface area contributed by atoms with Crippen molar-refractivity contribution in [3.05, 3.63) is 47.8 Å². The van der Waals surface area contributed by atoms with Crippen LogP contribution in [0.25, 0.3) is 0 Å². The topological polar surface area (TPSA) is 97.8 Å². The number of primary amides is 1. The summed E-state index contributed by atoms with van der Waals surface area (Å²) in [5, 5.41) is 7.48. The second-order valence-corrected chi connectivity index (χ2v) is 5.95. The summed E-state index contributed by atoms with van der Waals surface area (Å²) in [6.45, 7) is 3.88. The van der Waals surface area contributed by atoms with Crippen molar-refractivity contribution in [3.8, 4) is 5.75 Å². The standard InChI is InChI=1S/C18H26N6O2/c1-4-20-18(23(2)11-15-10-22-24(3)12-15)21-9-14-6-5-7-16(8-14)26-13-17(19)25/h5-8,10,12H,4,9,11,13H2,1-3H3,(H2,19,25)(H,20,21). The number of guanidine groups is 1. The fourth-order valence-corrected chi connectivity index (χ4v) is 2.43. The Bertz CT molecular complexity index is 756. The van der Waals surface area contributed by atoms with Crippen LogP contribution in [-0.4, -0.2) is 46.7 Å². The van der Waals surface area contributed by atoms with E-state index in [-0.39, 0.29) is 6.61 Å². The fourth-order valence-electron chi connectivity index (χ4n) is 2.43. The van der Waals surface area contributed by atoms with Gasteiger partial charge >= 0.3 is 0 Å². The Morgan fingerprint density at radius 1 is 1.42 bits per heavy atom. The van der Waals surface area contributed by atoms with Crippen LogP contribution in [0.4, 0.5) is 0 Å². The van der Waals surface area contributed by atoms with Gasteiger partial charge in [0, 0.05) is 38.9 Å². The molecule has 2 aromatic rings. The zero-order chi connectivity index (χ0) is 18.9. The number of aromatic nitrogens is 2. The average molecular weight is 358 g/mol. The number of aliphatic imine (C=N–C) groups is 1. The number of carbonyl (C=O) groups is 1. The number of aryl methyl sites for hydroxylation is 1. The predicted octanol–water partition coefficient (Wildman–Crippen LogP) is 0.882. The van der Waals surface area contributed by atoms with Gasteiger partial charge in [-0.3, -0.25) is 9.48 Å². The van der Waals surface area contributed by atoms with Crippen molar-refractivity contribution >= 4 is 11.9 Å². The number of carbonyl (C=O) groups excluding carboxylic acids is 1. The van der Waals surface area contributed by atoms with Gasteiger partial charge in [-0.15, -0.1) is 0 Å². The van der Waals surface area contributed by atoms with Gasteiger partial charge in [-0.2, -0.15) is 5.10 Å². The number of amides is 1. The van der Waals surface area contributed by atoms with E-state index < -0.39 is 5.91 Å². The minimum absolute atomic E-state index is 0.136. The smallest absolute Gasteiger partial charge is 0.255 e. The maximum Gasteiger partial charge on any atom is 0.255 e. The van der Waals surface area contributed by atoms with E-state index in [0.717, 1.165) is 23.6 Å². The van der Waals surface area contributed by atoms with Crippen LogP contribution in [0.5, 0.6) is 5.75 Å². The number of nitrogens with zero attached hydrogens (tertiary/aromatic N) is 4. The molecule has 1 aromatic heterocycles. The number of rotatable bonds is 8. The third-order valence-corrected chi connectivity index (χ3v) is 3.57. The number of hydrogen-bond acceptors (Lipinski definition) is 4. The van der Waals surface area contributed by atoms with Crippen molar-refractivity contribution in [2.45, 2.75) is 20.0 Å². The fraction of sp³-hybridized carbons (Fsp3) is 0.389. The van der Waals surface area contributed by atoms with Crippen LogP contribution in [0.15, 0.2) is 41.7 Å².